The number of nitrogen functional groups attached to an aromatic ring is 1. The molecule has 1 aromatic heterocycles. The lowest BCUT2D eigenvalue weighted by Gasteiger charge is -2.38. The van der Waals surface area contributed by atoms with Gasteiger partial charge in [-0.25, -0.2) is 4.98 Å². The van der Waals surface area contributed by atoms with Crippen LogP contribution in [0.1, 0.15) is 36.3 Å². The highest BCUT2D eigenvalue weighted by molar-refractivity contribution is 7.99. The van der Waals surface area contributed by atoms with Crippen molar-refractivity contribution in [2.75, 3.05) is 23.8 Å². The van der Waals surface area contributed by atoms with Crippen molar-refractivity contribution in [1.82, 2.24) is 4.98 Å². The Bertz CT molecular complexity index is 423. The first-order valence-corrected chi connectivity index (χ1v) is 7.78. The van der Waals surface area contributed by atoms with E-state index < -0.39 is 0 Å². The predicted octanol–water partition coefficient (Wildman–Crippen LogP) is 2.74. The van der Waals surface area contributed by atoms with Crippen molar-refractivity contribution in [2.24, 2.45) is 0 Å². The molecule has 1 spiro atoms. The summed E-state index contributed by atoms with van der Waals surface area (Å²) in [5.74, 6) is 3.60. The lowest BCUT2D eigenvalue weighted by Crippen LogP contribution is -2.39. The molecule has 0 amide bonds. The number of rotatable bonds is 1. The zero-order chi connectivity index (χ0) is 12.6. The second-order valence-corrected chi connectivity index (χ2v) is 6.56. The van der Waals surface area contributed by atoms with Crippen molar-refractivity contribution in [1.29, 1.82) is 0 Å². The van der Waals surface area contributed by atoms with Crippen molar-refractivity contribution in [2.45, 2.75) is 37.7 Å². The number of anilines is 1. The quantitative estimate of drug-likeness (QED) is 0.847. The van der Waals surface area contributed by atoms with Crippen molar-refractivity contribution in [3.05, 3.63) is 23.4 Å². The number of nitrogens with two attached hydrogens (primary N) is 1. The van der Waals surface area contributed by atoms with E-state index in [-0.39, 0.29) is 5.60 Å². The van der Waals surface area contributed by atoms with Gasteiger partial charge in [-0.2, -0.15) is 11.8 Å². The van der Waals surface area contributed by atoms with Crippen LogP contribution in [0.25, 0.3) is 0 Å². The Morgan fingerprint density at radius 2 is 2.44 bits per heavy atom. The topological polar surface area (TPSA) is 48.1 Å². The molecule has 2 unspecified atom stereocenters. The lowest BCUT2D eigenvalue weighted by atomic mass is 9.80. The molecule has 2 aliphatic heterocycles. The highest BCUT2D eigenvalue weighted by Gasteiger charge is 2.41. The number of hydrogen-bond acceptors (Lipinski definition) is 4. The maximum atomic E-state index is 6.08. The molecule has 0 bridgehead atoms. The summed E-state index contributed by atoms with van der Waals surface area (Å²) in [5, 5.41) is 0. The average molecular weight is 264 g/mol. The van der Waals surface area contributed by atoms with Crippen LogP contribution in [-0.4, -0.2) is 28.7 Å². The standard InChI is InChI=1S/C14H20N2OS/c1-10-2-5-16-13(15)12(10)11-3-6-17-14(8-11)4-7-18-9-14/h2,5,11H,3-4,6-9H2,1H3,(H2,15,16). The molecule has 1 aromatic rings. The van der Waals surface area contributed by atoms with E-state index in [4.69, 9.17) is 10.5 Å². The molecule has 0 saturated carbocycles. The van der Waals surface area contributed by atoms with Crippen LogP contribution in [0.5, 0.6) is 0 Å². The van der Waals surface area contributed by atoms with Crippen molar-refractivity contribution >= 4 is 17.6 Å². The molecule has 2 fully saturated rings. The summed E-state index contributed by atoms with van der Waals surface area (Å²) >= 11 is 2.01. The van der Waals surface area contributed by atoms with Crippen molar-refractivity contribution in [3.8, 4) is 0 Å². The van der Waals surface area contributed by atoms with Gasteiger partial charge in [-0.1, -0.05) is 0 Å². The highest BCUT2D eigenvalue weighted by atomic mass is 32.2. The Labute approximate surface area is 113 Å². The van der Waals surface area contributed by atoms with Gasteiger partial charge in [0.2, 0.25) is 0 Å². The summed E-state index contributed by atoms with van der Waals surface area (Å²) < 4.78 is 6.08. The van der Waals surface area contributed by atoms with Crippen LogP contribution in [-0.2, 0) is 4.74 Å². The maximum Gasteiger partial charge on any atom is 0.127 e. The van der Waals surface area contributed by atoms with Gasteiger partial charge in [0.15, 0.2) is 0 Å². The predicted molar refractivity (Wildman–Crippen MR) is 76.0 cm³/mol. The molecule has 0 aromatic carbocycles. The fourth-order valence-corrected chi connectivity index (χ4v) is 4.64. The number of nitrogens with zero attached hydrogens (tertiary/aromatic N) is 1. The molecule has 18 heavy (non-hydrogen) atoms. The van der Waals surface area contributed by atoms with Gasteiger partial charge in [-0.3, -0.25) is 0 Å². The molecule has 3 nitrogen and oxygen atoms in total. The van der Waals surface area contributed by atoms with Crippen LogP contribution >= 0.6 is 11.8 Å². The fraction of sp³-hybridized carbons (Fsp3) is 0.643. The second kappa shape index (κ2) is 4.74. The lowest BCUT2D eigenvalue weighted by molar-refractivity contribution is -0.0667. The number of hydrogen-bond donors (Lipinski definition) is 1. The van der Waals surface area contributed by atoms with E-state index in [0.29, 0.717) is 11.7 Å². The molecule has 98 valence electrons. The molecule has 3 rings (SSSR count). The summed E-state index contributed by atoms with van der Waals surface area (Å²) in [6.45, 7) is 3.00. The third kappa shape index (κ3) is 2.12. The van der Waals surface area contributed by atoms with E-state index in [1.54, 1.807) is 6.20 Å². The number of thioether (sulfide) groups is 1. The van der Waals surface area contributed by atoms with Gasteiger partial charge in [0.1, 0.15) is 5.82 Å². The Morgan fingerprint density at radius 1 is 1.56 bits per heavy atom. The van der Waals surface area contributed by atoms with E-state index in [1.165, 1.54) is 23.3 Å². The molecular formula is C14H20N2OS. The number of ether oxygens (including phenoxy) is 1. The third-order valence-electron chi connectivity index (χ3n) is 4.21. The first-order chi connectivity index (χ1) is 8.70. The van der Waals surface area contributed by atoms with Crippen LogP contribution in [0, 0.1) is 6.92 Å². The molecule has 2 N–H and O–H groups in total. The molecule has 2 saturated heterocycles. The van der Waals surface area contributed by atoms with Crippen LogP contribution in [0.4, 0.5) is 5.82 Å². The van der Waals surface area contributed by atoms with E-state index in [0.717, 1.165) is 25.2 Å². The van der Waals surface area contributed by atoms with Gasteiger partial charge in [0.25, 0.3) is 0 Å². The molecule has 0 radical (unpaired) electrons. The van der Waals surface area contributed by atoms with Crippen molar-refractivity contribution < 1.29 is 4.74 Å². The van der Waals surface area contributed by atoms with Gasteiger partial charge >= 0.3 is 0 Å². The van der Waals surface area contributed by atoms with Crippen LogP contribution in [0.2, 0.25) is 0 Å². The SMILES string of the molecule is Cc1ccnc(N)c1C1CCOC2(CCSC2)C1. The molecule has 3 heterocycles. The highest BCUT2D eigenvalue weighted by Crippen LogP contribution is 2.45. The van der Waals surface area contributed by atoms with Gasteiger partial charge in [-0.15, -0.1) is 0 Å². The Morgan fingerprint density at radius 3 is 3.17 bits per heavy atom. The number of aryl methyl sites for hydroxylation is 1. The number of aromatic nitrogens is 1. The third-order valence-corrected chi connectivity index (χ3v) is 5.43. The second-order valence-electron chi connectivity index (χ2n) is 5.45. The minimum absolute atomic E-state index is 0.113. The average Bonchev–Trinajstić information content (AvgIpc) is 2.77. The summed E-state index contributed by atoms with van der Waals surface area (Å²) in [4.78, 5) is 4.26. The first kappa shape index (κ1) is 12.3. The molecular weight excluding hydrogens is 244 g/mol. The first-order valence-electron chi connectivity index (χ1n) is 6.63. The number of pyridine rings is 1. The van der Waals surface area contributed by atoms with E-state index in [1.807, 2.05) is 11.8 Å². The van der Waals surface area contributed by atoms with Crippen LogP contribution in [0.3, 0.4) is 0 Å². The summed E-state index contributed by atoms with van der Waals surface area (Å²) in [5.41, 5.74) is 8.73. The zero-order valence-corrected chi connectivity index (χ0v) is 11.6. The summed E-state index contributed by atoms with van der Waals surface area (Å²) in [7, 11) is 0. The van der Waals surface area contributed by atoms with Gasteiger partial charge < -0.3 is 10.5 Å². The van der Waals surface area contributed by atoms with Crippen molar-refractivity contribution in [3.63, 3.8) is 0 Å². The maximum absolute atomic E-state index is 6.08. The van der Waals surface area contributed by atoms with E-state index >= 15 is 0 Å². The van der Waals surface area contributed by atoms with Crippen LogP contribution in [0.15, 0.2) is 12.3 Å². The summed E-state index contributed by atoms with van der Waals surface area (Å²) in [6.07, 6.45) is 5.17. The van der Waals surface area contributed by atoms with Crippen LogP contribution < -0.4 is 5.73 Å². The Balaban J connectivity index is 1.88. The smallest absolute Gasteiger partial charge is 0.127 e. The monoisotopic (exact) mass is 264 g/mol. The molecule has 0 aliphatic carbocycles. The van der Waals surface area contributed by atoms with Gasteiger partial charge in [0, 0.05) is 24.1 Å². The summed E-state index contributed by atoms with van der Waals surface area (Å²) in [6, 6.07) is 2.07. The van der Waals surface area contributed by atoms with Gasteiger partial charge in [-0.05, 0) is 49.5 Å². The fourth-order valence-electron chi connectivity index (χ4n) is 3.26. The Kier molecular flexibility index (Phi) is 3.24. The normalized spacial score (nSPS) is 31.9. The van der Waals surface area contributed by atoms with E-state index in [2.05, 4.69) is 18.0 Å². The molecule has 2 atom stereocenters. The van der Waals surface area contributed by atoms with Gasteiger partial charge in [0.05, 0.1) is 5.60 Å². The van der Waals surface area contributed by atoms with E-state index in [9.17, 15) is 0 Å². The largest absolute Gasteiger partial charge is 0.383 e. The zero-order valence-electron chi connectivity index (χ0n) is 10.8. The minimum atomic E-state index is 0.113. The molecule has 2 aliphatic rings. The minimum Gasteiger partial charge on any atom is -0.383 e. The Hall–Kier alpha value is -0.740. The molecule has 4 heteroatoms.